The first-order chi connectivity index (χ1) is 16.1. The molecular formula is C25H25ClN6O. The van der Waals surface area contributed by atoms with E-state index in [0.717, 1.165) is 34.9 Å². The first-order valence-electron chi connectivity index (χ1n) is 11.2. The highest BCUT2D eigenvalue weighted by molar-refractivity contribution is 6.35. The quantitative estimate of drug-likeness (QED) is 0.377. The average Bonchev–Trinajstić information content (AvgIpc) is 3.33. The van der Waals surface area contributed by atoms with Gasteiger partial charge in [-0.2, -0.15) is 5.10 Å². The summed E-state index contributed by atoms with van der Waals surface area (Å²) >= 11 is 6.50. The van der Waals surface area contributed by atoms with E-state index in [4.69, 9.17) is 22.3 Å². The molecule has 1 amide bonds. The number of aromatic nitrogens is 4. The molecule has 0 radical (unpaired) electrons. The van der Waals surface area contributed by atoms with Crippen LogP contribution in [0.5, 0.6) is 0 Å². The monoisotopic (exact) mass is 460 g/mol. The van der Waals surface area contributed by atoms with Gasteiger partial charge in [-0.3, -0.25) is 9.89 Å². The molecule has 0 spiro atoms. The summed E-state index contributed by atoms with van der Waals surface area (Å²) in [7, 11) is 0. The average molecular weight is 461 g/mol. The van der Waals surface area contributed by atoms with Gasteiger partial charge in [0.05, 0.1) is 28.1 Å². The van der Waals surface area contributed by atoms with Crippen LogP contribution < -0.4 is 11.1 Å². The summed E-state index contributed by atoms with van der Waals surface area (Å²) in [6.45, 7) is 0.628. The number of amides is 1. The van der Waals surface area contributed by atoms with Gasteiger partial charge in [0.2, 0.25) is 0 Å². The van der Waals surface area contributed by atoms with Gasteiger partial charge in [0, 0.05) is 23.1 Å². The Morgan fingerprint density at radius 1 is 1.06 bits per heavy atom. The highest BCUT2D eigenvalue weighted by atomic mass is 35.5. The van der Waals surface area contributed by atoms with Crippen molar-refractivity contribution in [1.29, 1.82) is 0 Å². The second-order valence-corrected chi connectivity index (χ2v) is 8.93. The van der Waals surface area contributed by atoms with Crippen molar-refractivity contribution in [3.8, 4) is 22.5 Å². The Morgan fingerprint density at radius 3 is 2.61 bits per heavy atom. The molecule has 0 bridgehead atoms. The molecule has 4 N–H and O–H groups in total. The Balaban J connectivity index is 1.56. The number of carbonyl (C=O) groups is 1. The number of rotatable bonds is 5. The molecule has 1 fully saturated rings. The minimum atomic E-state index is -0.304. The number of hydrogen-bond acceptors (Lipinski definition) is 5. The van der Waals surface area contributed by atoms with Gasteiger partial charge in [-0.15, -0.1) is 0 Å². The summed E-state index contributed by atoms with van der Waals surface area (Å²) < 4.78 is 0. The molecular weight excluding hydrogens is 436 g/mol. The minimum absolute atomic E-state index is 0.106. The molecule has 1 aliphatic carbocycles. The number of benzene rings is 2. The minimum Gasteiger partial charge on any atom is -0.382 e. The van der Waals surface area contributed by atoms with Gasteiger partial charge >= 0.3 is 0 Å². The fraction of sp³-hybridized carbons (Fsp3) is 0.280. The van der Waals surface area contributed by atoms with Gasteiger partial charge in [-0.25, -0.2) is 9.97 Å². The second kappa shape index (κ2) is 9.19. The van der Waals surface area contributed by atoms with Crippen molar-refractivity contribution in [2.45, 2.75) is 32.1 Å². The van der Waals surface area contributed by atoms with Crippen molar-refractivity contribution >= 4 is 34.2 Å². The number of halogens is 1. The SMILES string of the molecule is Nc1nc(-c2ccccc2)c(-c2cc(Cl)c3[nH]ncc3c2)nc1C(=O)NCC1CCCCC1. The van der Waals surface area contributed by atoms with E-state index < -0.39 is 0 Å². The van der Waals surface area contributed by atoms with E-state index in [1.807, 2.05) is 36.4 Å². The van der Waals surface area contributed by atoms with Crippen molar-refractivity contribution in [2.75, 3.05) is 12.3 Å². The number of hydrogen-bond donors (Lipinski definition) is 3. The molecule has 33 heavy (non-hydrogen) atoms. The zero-order valence-electron chi connectivity index (χ0n) is 18.1. The Hall–Kier alpha value is -3.45. The van der Waals surface area contributed by atoms with Gasteiger partial charge in [0.15, 0.2) is 11.5 Å². The zero-order valence-corrected chi connectivity index (χ0v) is 18.9. The third-order valence-electron chi connectivity index (χ3n) is 6.24. The summed E-state index contributed by atoms with van der Waals surface area (Å²) in [5.41, 5.74) is 9.84. The highest BCUT2D eigenvalue weighted by Crippen LogP contribution is 2.35. The van der Waals surface area contributed by atoms with Crippen molar-refractivity contribution in [3.05, 3.63) is 59.4 Å². The van der Waals surface area contributed by atoms with Crippen LogP contribution >= 0.6 is 11.6 Å². The van der Waals surface area contributed by atoms with Gasteiger partial charge in [-0.05, 0) is 30.9 Å². The van der Waals surface area contributed by atoms with Crippen molar-refractivity contribution in [1.82, 2.24) is 25.5 Å². The van der Waals surface area contributed by atoms with Crippen LogP contribution in [-0.2, 0) is 0 Å². The third kappa shape index (κ3) is 4.41. The molecule has 2 heterocycles. The Labute approximate surface area is 196 Å². The Morgan fingerprint density at radius 2 is 1.82 bits per heavy atom. The Bertz CT molecular complexity index is 1300. The number of nitrogens with one attached hydrogen (secondary N) is 2. The summed E-state index contributed by atoms with van der Waals surface area (Å²) in [6, 6.07) is 13.4. The maximum Gasteiger partial charge on any atom is 0.273 e. The summed E-state index contributed by atoms with van der Waals surface area (Å²) in [6.07, 6.45) is 7.70. The van der Waals surface area contributed by atoms with Gasteiger partial charge < -0.3 is 11.1 Å². The van der Waals surface area contributed by atoms with Crippen LogP contribution in [0.2, 0.25) is 5.02 Å². The number of anilines is 1. The van der Waals surface area contributed by atoms with Crippen LogP contribution in [-0.4, -0.2) is 32.6 Å². The van der Waals surface area contributed by atoms with E-state index in [2.05, 4.69) is 20.5 Å². The molecule has 2 aromatic carbocycles. The predicted octanol–water partition coefficient (Wildman–Crippen LogP) is 5.23. The van der Waals surface area contributed by atoms with Crippen LogP contribution in [0.25, 0.3) is 33.4 Å². The molecule has 5 rings (SSSR count). The summed E-state index contributed by atoms with van der Waals surface area (Å²) in [4.78, 5) is 22.4. The lowest BCUT2D eigenvalue weighted by Crippen LogP contribution is -2.31. The first-order valence-corrected chi connectivity index (χ1v) is 11.6. The number of fused-ring (bicyclic) bond motifs is 1. The fourth-order valence-electron chi connectivity index (χ4n) is 4.48. The van der Waals surface area contributed by atoms with Crippen LogP contribution in [0, 0.1) is 5.92 Å². The maximum atomic E-state index is 13.0. The second-order valence-electron chi connectivity index (χ2n) is 8.53. The lowest BCUT2D eigenvalue weighted by atomic mass is 9.89. The molecule has 1 aliphatic rings. The zero-order chi connectivity index (χ0) is 22.8. The number of H-pyrrole nitrogens is 1. The lowest BCUT2D eigenvalue weighted by Gasteiger charge is -2.21. The molecule has 8 heteroatoms. The maximum absolute atomic E-state index is 13.0. The molecule has 0 saturated heterocycles. The standard InChI is InChI=1S/C25H25ClN6O/c26-19-12-17(11-18-14-29-32-20(18)19)22-21(16-9-5-2-6-10-16)31-24(27)23(30-22)25(33)28-13-15-7-3-1-4-8-15/h2,5-6,9-12,14-15H,1,3-4,7-8,13H2,(H2,27,31)(H,28,33)(H,29,32). The van der Waals surface area contributed by atoms with Crippen LogP contribution in [0.1, 0.15) is 42.6 Å². The van der Waals surface area contributed by atoms with Crippen molar-refractivity contribution in [3.63, 3.8) is 0 Å². The molecule has 7 nitrogen and oxygen atoms in total. The van der Waals surface area contributed by atoms with Gasteiger partial charge in [0.25, 0.3) is 5.91 Å². The topological polar surface area (TPSA) is 110 Å². The highest BCUT2D eigenvalue weighted by Gasteiger charge is 2.22. The van der Waals surface area contributed by atoms with Gasteiger partial charge in [0.1, 0.15) is 0 Å². The fourth-order valence-corrected chi connectivity index (χ4v) is 4.75. The molecule has 168 valence electrons. The number of nitrogen functional groups attached to an aromatic ring is 1. The largest absolute Gasteiger partial charge is 0.382 e. The number of nitrogens with two attached hydrogens (primary N) is 1. The Kier molecular flexibility index (Phi) is 5.96. The van der Waals surface area contributed by atoms with Crippen molar-refractivity contribution in [2.24, 2.45) is 5.92 Å². The molecule has 0 atom stereocenters. The van der Waals surface area contributed by atoms with Crippen molar-refractivity contribution < 1.29 is 4.79 Å². The molecule has 0 unspecified atom stereocenters. The first kappa shape index (κ1) is 21.4. The van der Waals surface area contributed by atoms with E-state index in [0.29, 0.717) is 28.9 Å². The smallest absolute Gasteiger partial charge is 0.273 e. The summed E-state index contributed by atoms with van der Waals surface area (Å²) in [5, 5.41) is 11.4. The van der Waals surface area contributed by atoms with E-state index in [-0.39, 0.29) is 17.4 Å². The summed E-state index contributed by atoms with van der Waals surface area (Å²) in [5.74, 6) is 0.304. The molecule has 4 aromatic rings. The molecule has 2 aromatic heterocycles. The molecule has 0 aliphatic heterocycles. The van der Waals surface area contributed by atoms with E-state index in [9.17, 15) is 4.79 Å². The normalized spacial score (nSPS) is 14.5. The van der Waals surface area contributed by atoms with E-state index in [1.54, 1.807) is 12.3 Å². The number of carbonyl (C=O) groups excluding carboxylic acids is 1. The third-order valence-corrected chi connectivity index (χ3v) is 6.53. The van der Waals surface area contributed by atoms with E-state index >= 15 is 0 Å². The van der Waals surface area contributed by atoms with Crippen LogP contribution in [0.15, 0.2) is 48.7 Å². The number of aromatic amines is 1. The van der Waals surface area contributed by atoms with Crippen LogP contribution in [0.4, 0.5) is 5.82 Å². The predicted molar refractivity (Wildman–Crippen MR) is 131 cm³/mol. The number of nitrogens with zero attached hydrogens (tertiary/aromatic N) is 3. The van der Waals surface area contributed by atoms with Gasteiger partial charge in [-0.1, -0.05) is 61.2 Å². The molecule has 1 saturated carbocycles. The lowest BCUT2D eigenvalue weighted by molar-refractivity contribution is 0.0939. The van der Waals surface area contributed by atoms with E-state index in [1.165, 1.54) is 19.3 Å². The van der Waals surface area contributed by atoms with Crippen LogP contribution in [0.3, 0.4) is 0 Å².